The number of urea groups is 1. The van der Waals surface area contributed by atoms with Gasteiger partial charge in [-0.25, -0.2) is 9.69 Å². The molecule has 28 heavy (non-hydrogen) atoms. The van der Waals surface area contributed by atoms with Gasteiger partial charge in [0.1, 0.15) is 5.25 Å². The molecule has 142 valence electrons. The van der Waals surface area contributed by atoms with Gasteiger partial charge in [-0.1, -0.05) is 36.2 Å². The van der Waals surface area contributed by atoms with Gasteiger partial charge < -0.3 is 5.32 Å². The molecule has 1 aromatic heterocycles. The zero-order valence-electron chi connectivity index (χ0n) is 15.0. The van der Waals surface area contributed by atoms with Crippen LogP contribution >= 0.6 is 23.4 Å². The molecule has 2 unspecified atom stereocenters. The molecule has 0 radical (unpaired) electrons. The fourth-order valence-electron chi connectivity index (χ4n) is 3.85. The molecule has 3 heterocycles. The van der Waals surface area contributed by atoms with Gasteiger partial charge in [-0.05, 0) is 42.5 Å². The summed E-state index contributed by atoms with van der Waals surface area (Å²) in [6.45, 7) is 0. The van der Waals surface area contributed by atoms with Gasteiger partial charge in [0, 0.05) is 21.7 Å². The van der Waals surface area contributed by atoms with Crippen molar-refractivity contribution in [1.29, 1.82) is 0 Å². The average molecular weight is 412 g/mol. The second-order valence-electron chi connectivity index (χ2n) is 7.30. The summed E-state index contributed by atoms with van der Waals surface area (Å²) in [7, 11) is 0. The number of carbonyl (C=O) groups excluding carboxylic acids is 2. The van der Waals surface area contributed by atoms with Crippen LogP contribution in [0.4, 0.5) is 10.5 Å². The number of nitrogens with zero attached hydrogens (tertiary/aromatic N) is 2. The molecule has 7 heteroatoms. The molecule has 3 amide bonds. The molecule has 3 aliphatic rings. The number of imide groups is 1. The number of nitrogens with one attached hydrogen (secondary N) is 1. The number of fused-ring (bicyclic) bond motifs is 1. The molecule has 2 atom stereocenters. The van der Waals surface area contributed by atoms with Crippen LogP contribution in [0.3, 0.4) is 0 Å². The summed E-state index contributed by atoms with van der Waals surface area (Å²) in [6.07, 6.45) is 8.83. The first kappa shape index (κ1) is 17.8. The van der Waals surface area contributed by atoms with Crippen LogP contribution in [0, 0.1) is 0 Å². The number of carbonyl (C=O) groups is 2. The second kappa shape index (κ2) is 6.94. The quantitative estimate of drug-likeness (QED) is 0.802. The van der Waals surface area contributed by atoms with Gasteiger partial charge in [0.15, 0.2) is 0 Å². The zero-order valence-corrected chi connectivity index (χ0v) is 16.5. The fourth-order valence-corrected chi connectivity index (χ4v) is 5.44. The van der Waals surface area contributed by atoms with Crippen LogP contribution in [0.25, 0.3) is 4.91 Å². The SMILES string of the molecule is O=C1NC2C=C(c3ccccc3Cl)SC2C(=O)N1c1cncc(C2CCC2)c1. The smallest absolute Gasteiger partial charge is 0.329 e. The zero-order chi connectivity index (χ0) is 19.3. The van der Waals surface area contributed by atoms with E-state index in [0.29, 0.717) is 16.6 Å². The monoisotopic (exact) mass is 411 g/mol. The van der Waals surface area contributed by atoms with Crippen molar-refractivity contribution >= 4 is 45.9 Å². The van der Waals surface area contributed by atoms with Gasteiger partial charge in [-0.2, -0.15) is 0 Å². The third-order valence-electron chi connectivity index (χ3n) is 5.59. The van der Waals surface area contributed by atoms with Crippen LogP contribution in [0.5, 0.6) is 0 Å². The van der Waals surface area contributed by atoms with E-state index in [9.17, 15) is 9.59 Å². The largest absolute Gasteiger partial charge is 0.329 e. The van der Waals surface area contributed by atoms with Crippen LogP contribution in [-0.2, 0) is 4.79 Å². The highest BCUT2D eigenvalue weighted by Crippen LogP contribution is 2.44. The molecule has 1 saturated carbocycles. The van der Waals surface area contributed by atoms with E-state index in [0.717, 1.165) is 28.9 Å². The van der Waals surface area contributed by atoms with Crippen molar-refractivity contribution in [3.05, 3.63) is 65.0 Å². The highest BCUT2D eigenvalue weighted by atomic mass is 35.5. The summed E-state index contributed by atoms with van der Waals surface area (Å²) in [5, 5.41) is 3.18. The molecule has 1 aromatic carbocycles. The topological polar surface area (TPSA) is 62.3 Å². The van der Waals surface area contributed by atoms with Gasteiger partial charge in [-0.15, -0.1) is 11.8 Å². The standard InChI is InChI=1S/C21H18ClN3O2S/c22-16-7-2-1-6-15(16)18-9-17-19(28-18)20(26)25(21(27)24-17)14-8-13(10-23-11-14)12-4-3-5-12/h1-2,6-12,17,19H,3-5H2,(H,24,27). The predicted octanol–water partition coefficient (Wildman–Crippen LogP) is 4.58. The predicted molar refractivity (Wildman–Crippen MR) is 111 cm³/mol. The number of benzene rings is 1. The number of hydrogen-bond donors (Lipinski definition) is 1. The van der Waals surface area contributed by atoms with E-state index < -0.39 is 11.3 Å². The van der Waals surface area contributed by atoms with Gasteiger partial charge in [0.05, 0.1) is 17.9 Å². The first-order valence-corrected chi connectivity index (χ1v) is 10.6. The van der Waals surface area contributed by atoms with Crippen molar-refractivity contribution in [3.63, 3.8) is 0 Å². The number of pyridine rings is 1. The molecule has 1 N–H and O–H groups in total. The Hall–Kier alpha value is -2.31. The lowest BCUT2D eigenvalue weighted by Crippen LogP contribution is -2.60. The van der Waals surface area contributed by atoms with Crippen molar-refractivity contribution < 1.29 is 9.59 Å². The van der Waals surface area contributed by atoms with Gasteiger partial charge in [0.2, 0.25) is 0 Å². The van der Waals surface area contributed by atoms with Crippen molar-refractivity contribution in [2.24, 2.45) is 0 Å². The second-order valence-corrected chi connectivity index (χ2v) is 8.89. The highest BCUT2D eigenvalue weighted by Gasteiger charge is 2.45. The van der Waals surface area contributed by atoms with Crippen molar-refractivity contribution in [3.8, 4) is 0 Å². The minimum atomic E-state index is -0.406. The Morgan fingerprint density at radius 1 is 1.18 bits per heavy atom. The van der Waals surface area contributed by atoms with E-state index in [1.54, 1.807) is 6.20 Å². The third-order valence-corrected chi connectivity index (χ3v) is 7.28. The number of anilines is 1. The maximum Gasteiger partial charge on any atom is 0.329 e. The molecule has 2 fully saturated rings. The minimum absolute atomic E-state index is 0.218. The summed E-state index contributed by atoms with van der Waals surface area (Å²) >= 11 is 7.76. The average Bonchev–Trinajstić information content (AvgIpc) is 3.05. The van der Waals surface area contributed by atoms with Gasteiger partial charge in [0.25, 0.3) is 5.91 Å². The summed E-state index contributed by atoms with van der Waals surface area (Å²) in [5.74, 6) is 0.266. The minimum Gasteiger partial charge on any atom is -0.329 e. The van der Waals surface area contributed by atoms with Crippen LogP contribution < -0.4 is 10.2 Å². The molecule has 2 aromatic rings. The number of rotatable bonds is 3. The third kappa shape index (κ3) is 2.91. The van der Waals surface area contributed by atoms with E-state index in [-0.39, 0.29) is 11.9 Å². The van der Waals surface area contributed by atoms with E-state index in [4.69, 9.17) is 11.6 Å². The summed E-state index contributed by atoms with van der Waals surface area (Å²) in [6, 6.07) is 8.71. The Morgan fingerprint density at radius 2 is 2.00 bits per heavy atom. The van der Waals surface area contributed by atoms with Crippen molar-refractivity contribution in [2.75, 3.05) is 4.90 Å². The first-order valence-electron chi connectivity index (χ1n) is 9.34. The Labute approximate surface area is 172 Å². The molecule has 5 nitrogen and oxygen atoms in total. The van der Waals surface area contributed by atoms with Crippen LogP contribution in [0.1, 0.15) is 36.3 Å². The Kier molecular flexibility index (Phi) is 4.40. The Morgan fingerprint density at radius 3 is 2.75 bits per heavy atom. The molecular weight excluding hydrogens is 394 g/mol. The van der Waals surface area contributed by atoms with Crippen LogP contribution in [0.15, 0.2) is 48.8 Å². The number of aromatic nitrogens is 1. The fraction of sp³-hybridized carbons (Fsp3) is 0.286. The molecule has 0 spiro atoms. The van der Waals surface area contributed by atoms with Crippen molar-refractivity contribution in [2.45, 2.75) is 36.5 Å². The lowest BCUT2D eigenvalue weighted by Gasteiger charge is -2.33. The van der Waals surface area contributed by atoms with E-state index in [2.05, 4.69) is 10.3 Å². The molecular formula is C21H18ClN3O2S. The lowest BCUT2D eigenvalue weighted by atomic mass is 9.80. The summed E-state index contributed by atoms with van der Waals surface area (Å²) in [5.41, 5.74) is 2.52. The molecule has 5 rings (SSSR count). The number of amides is 3. The lowest BCUT2D eigenvalue weighted by molar-refractivity contribution is -0.118. The van der Waals surface area contributed by atoms with E-state index in [1.807, 2.05) is 42.6 Å². The number of halogens is 1. The van der Waals surface area contributed by atoms with Crippen molar-refractivity contribution in [1.82, 2.24) is 10.3 Å². The Balaban J connectivity index is 1.42. The van der Waals surface area contributed by atoms with E-state index >= 15 is 0 Å². The Bertz CT molecular complexity index is 1000. The number of thioether (sulfide) groups is 1. The maximum absolute atomic E-state index is 13.2. The van der Waals surface area contributed by atoms with Gasteiger partial charge >= 0.3 is 6.03 Å². The number of hydrogen-bond acceptors (Lipinski definition) is 4. The molecule has 0 bridgehead atoms. The highest BCUT2D eigenvalue weighted by molar-refractivity contribution is 8.09. The van der Waals surface area contributed by atoms with Gasteiger partial charge in [-0.3, -0.25) is 9.78 Å². The normalized spacial score (nSPS) is 24.5. The van der Waals surface area contributed by atoms with E-state index in [1.165, 1.54) is 23.1 Å². The molecule has 1 aliphatic carbocycles. The van der Waals surface area contributed by atoms with Crippen LogP contribution in [0.2, 0.25) is 5.02 Å². The maximum atomic E-state index is 13.2. The molecule has 1 saturated heterocycles. The summed E-state index contributed by atoms with van der Waals surface area (Å²) in [4.78, 5) is 32.3. The van der Waals surface area contributed by atoms with Crippen LogP contribution in [-0.4, -0.2) is 28.2 Å². The summed E-state index contributed by atoms with van der Waals surface area (Å²) < 4.78 is 0. The first-order chi connectivity index (χ1) is 13.6. The molecule has 2 aliphatic heterocycles.